The predicted molar refractivity (Wildman–Crippen MR) is 114 cm³/mol. The van der Waals surface area contributed by atoms with E-state index >= 15 is 0 Å². The highest BCUT2D eigenvalue weighted by Gasteiger charge is 2.58. The maximum atomic E-state index is 12.9. The summed E-state index contributed by atoms with van der Waals surface area (Å²) < 4.78 is 39.3. The zero-order valence-corrected chi connectivity index (χ0v) is 18.9. The average molecular weight is 476 g/mol. The summed E-state index contributed by atoms with van der Waals surface area (Å²) in [6, 6.07) is 2.39. The third-order valence-electron chi connectivity index (χ3n) is 8.74. The molecule has 0 bridgehead atoms. The number of amides is 2. The molecule has 7 rings (SSSR count). The normalized spacial score (nSPS) is 25.7. The van der Waals surface area contributed by atoms with Crippen LogP contribution in [0.4, 0.5) is 18.0 Å². The molecular weight excluding hydrogens is 447 g/mol. The van der Waals surface area contributed by atoms with Gasteiger partial charge in [-0.25, -0.2) is 9.78 Å². The molecule has 0 unspecified atom stereocenters. The fraction of sp³-hybridized carbons (Fsp3) is 0.739. The van der Waals surface area contributed by atoms with Crippen molar-refractivity contribution in [1.29, 1.82) is 0 Å². The van der Waals surface area contributed by atoms with Crippen LogP contribution in [0.2, 0.25) is 0 Å². The highest BCUT2D eigenvalue weighted by molar-refractivity contribution is 5.77. The molecule has 3 saturated carbocycles. The first-order valence-corrected chi connectivity index (χ1v) is 12.3. The van der Waals surface area contributed by atoms with Gasteiger partial charge >= 0.3 is 12.2 Å². The van der Waals surface area contributed by atoms with Gasteiger partial charge in [0.1, 0.15) is 6.33 Å². The molecule has 0 radical (unpaired) electrons. The van der Waals surface area contributed by atoms with E-state index in [0.29, 0.717) is 24.3 Å². The molecule has 4 heterocycles. The Morgan fingerprint density at radius 1 is 1.03 bits per heavy atom. The van der Waals surface area contributed by atoms with Crippen molar-refractivity contribution in [1.82, 2.24) is 34.8 Å². The van der Waals surface area contributed by atoms with Gasteiger partial charge in [-0.1, -0.05) is 0 Å². The Kier molecular flexibility index (Phi) is 4.12. The molecule has 0 aromatic carbocycles. The number of aromatic amines is 1. The van der Waals surface area contributed by atoms with Crippen molar-refractivity contribution in [3.8, 4) is 0 Å². The van der Waals surface area contributed by atoms with E-state index in [4.69, 9.17) is 0 Å². The van der Waals surface area contributed by atoms with Crippen LogP contribution in [0.25, 0.3) is 0 Å². The van der Waals surface area contributed by atoms with Crippen LogP contribution in [0.1, 0.15) is 67.6 Å². The lowest BCUT2D eigenvalue weighted by molar-refractivity contribution is -0.145. The molecule has 0 atom stereocenters. The first-order valence-electron chi connectivity index (χ1n) is 12.3. The molecule has 182 valence electrons. The van der Waals surface area contributed by atoms with E-state index in [2.05, 4.69) is 26.3 Å². The lowest BCUT2D eigenvalue weighted by Crippen LogP contribution is -2.71. The summed E-state index contributed by atoms with van der Waals surface area (Å²) in [6.45, 7) is 3.67. The Bertz CT molecular complexity index is 1110. The number of nitrogens with zero attached hydrogens (tertiary/aromatic N) is 6. The monoisotopic (exact) mass is 475 g/mol. The van der Waals surface area contributed by atoms with Gasteiger partial charge in [-0.3, -0.25) is 9.78 Å². The Morgan fingerprint density at radius 2 is 1.68 bits per heavy atom. The number of aromatic nitrogens is 5. The Balaban J connectivity index is 0.844. The number of nitrogens with one attached hydrogen (secondary N) is 1. The van der Waals surface area contributed by atoms with Crippen LogP contribution in [0, 0.1) is 16.7 Å². The summed E-state index contributed by atoms with van der Waals surface area (Å²) >= 11 is 0. The van der Waals surface area contributed by atoms with Gasteiger partial charge < -0.3 is 9.80 Å². The summed E-state index contributed by atoms with van der Waals surface area (Å²) in [5.74, 6) is 0.432. The van der Waals surface area contributed by atoms with Gasteiger partial charge in [-0.2, -0.15) is 18.3 Å². The van der Waals surface area contributed by atoms with E-state index in [1.165, 1.54) is 28.9 Å². The fourth-order valence-electron chi connectivity index (χ4n) is 6.95. The van der Waals surface area contributed by atoms with Crippen LogP contribution < -0.4 is 0 Å². The van der Waals surface area contributed by atoms with Crippen molar-refractivity contribution >= 4 is 6.03 Å². The van der Waals surface area contributed by atoms with Crippen molar-refractivity contribution in [3.63, 3.8) is 0 Å². The molecule has 2 aromatic heterocycles. The second-order valence-corrected chi connectivity index (χ2v) is 11.7. The second kappa shape index (κ2) is 6.75. The molecule has 2 aliphatic heterocycles. The number of alkyl halides is 3. The summed E-state index contributed by atoms with van der Waals surface area (Å²) in [7, 11) is 0. The van der Waals surface area contributed by atoms with Gasteiger partial charge in [0, 0.05) is 61.1 Å². The highest BCUT2D eigenvalue weighted by Crippen LogP contribution is 2.57. The van der Waals surface area contributed by atoms with Gasteiger partial charge in [0.2, 0.25) is 0 Å². The maximum absolute atomic E-state index is 12.9. The Morgan fingerprint density at radius 3 is 2.26 bits per heavy atom. The van der Waals surface area contributed by atoms with E-state index in [9.17, 15) is 18.0 Å². The standard InChI is InChI=1S/C23H28F3N7O/c24-23(25,26)19-27-13-33(30-19)8-14-4-21(5-14)9-31(10-21)20(34)32-11-22(12-32)6-16(7-22)18-3-17(28-29-18)15-1-2-15/h3,13-16H,1-2,4-12H2,(H,28,29). The van der Waals surface area contributed by atoms with Gasteiger partial charge in [-0.05, 0) is 50.5 Å². The molecule has 5 fully saturated rings. The van der Waals surface area contributed by atoms with Crippen LogP contribution in [0.3, 0.4) is 0 Å². The van der Waals surface area contributed by atoms with Crippen molar-refractivity contribution < 1.29 is 18.0 Å². The van der Waals surface area contributed by atoms with E-state index in [-0.39, 0.29) is 16.9 Å². The number of urea groups is 1. The van der Waals surface area contributed by atoms with E-state index in [0.717, 1.165) is 58.2 Å². The van der Waals surface area contributed by atoms with Crippen molar-refractivity contribution in [3.05, 3.63) is 29.6 Å². The molecule has 1 N–H and O–H groups in total. The minimum absolute atomic E-state index is 0.144. The molecule has 5 aliphatic rings. The van der Waals surface area contributed by atoms with Crippen molar-refractivity contribution in [2.45, 2.75) is 63.1 Å². The lowest BCUT2D eigenvalue weighted by atomic mass is 9.56. The topological polar surface area (TPSA) is 82.9 Å². The first kappa shape index (κ1) is 20.8. The largest absolute Gasteiger partial charge is 0.453 e. The predicted octanol–water partition coefficient (Wildman–Crippen LogP) is 3.61. The van der Waals surface area contributed by atoms with Gasteiger partial charge in [-0.15, -0.1) is 5.10 Å². The third-order valence-corrected chi connectivity index (χ3v) is 8.74. The molecule has 3 aliphatic carbocycles. The fourth-order valence-corrected chi connectivity index (χ4v) is 6.95. The number of carbonyl (C=O) groups excluding carboxylic acids is 1. The van der Waals surface area contributed by atoms with Crippen molar-refractivity contribution in [2.75, 3.05) is 26.2 Å². The van der Waals surface area contributed by atoms with Gasteiger partial charge in [0.25, 0.3) is 5.82 Å². The maximum Gasteiger partial charge on any atom is 0.453 e. The van der Waals surface area contributed by atoms with E-state index in [1.807, 2.05) is 9.80 Å². The van der Waals surface area contributed by atoms with Gasteiger partial charge in [0.05, 0.1) is 5.69 Å². The minimum Gasteiger partial charge on any atom is -0.323 e. The van der Waals surface area contributed by atoms with Crippen LogP contribution in [-0.2, 0) is 12.7 Å². The summed E-state index contributed by atoms with van der Waals surface area (Å²) in [5, 5.41) is 11.3. The van der Waals surface area contributed by atoms with Crippen LogP contribution >= 0.6 is 0 Å². The molecular formula is C23H28F3N7O. The molecule has 2 saturated heterocycles. The zero-order valence-electron chi connectivity index (χ0n) is 18.9. The van der Waals surface area contributed by atoms with E-state index < -0.39 is 12.0 Å². The number of halogens is 3. The molecule has 34 heavy (non-hydrogen) atoms. The zero-order chi connectivity index (χ0) is 23.3. The summed E-state index contributed by atoms with van der Waals surface area (Å²) in [6.07, 6.45) is 3.30. The SMILES string of the molecule is O=C(N1CC2(CC(Cn3cnc(C(F)(F)F)n3)C2)C1)N1CC2(CC(c3cc(C4CC4)[nH]n3)C2)C1. The number of rotatable bonds is 4. The van der Waals surface area contributed by atoms with E-state index in [1.54, 1.807) is 0 Å². The molecule has 2 aromatic rings. The summed E-state index contributed by atoms with van der Waals surface area (Å²) in [4.78, 5) is 20.2. The molecule has 11 heteroatoms. The second-order valence-electron chi connectivity index (χ2n) is 11.7. The highest BCUT2D eigenvalue weighted by atomic mass is 19.4. The number of carbonyl (C=O) groups is 1. The molecule has 2 amide bonds. The average Bonchev–Trinajstić information content (AvgIpc) is 3.19. The smallest absolute Gasteiger partial charge is 0.323 e. The van der Waals surface area contributed by atoms with Crippen LogP contribution in [0.5, 0.6) is 0 Å². The number of H-pyrrole nitrogens is 1. The van der Waals surface area contributed by atoms with Crippen LogP contribution in [0.15, 0.2) is 12.4 Å². The third kappa shape index (κ3) is 3.33. The van der Waals surface area contributed by atoms with Gasteiger partial charge in [0.15, 0.2) is 0 Å². The number of hydrogen-bond donors (Lipinski definition) is 1. The molecule has 2 spiro atoms. The van der Waals surface area contributed by atoms with Crippen molar-refractivity contribution in [2.24, 2.45) is 16.7 Å². The molecule has 8 nitrogen and oxygen atoms in total. The minimum atomic E-state index is -4.50. The first-order chi connectivity index (χ1) is 16.2. The van der Waals surface area contributed by atoms with Crippen LogP contribution in [-0.4, -0.2) is 67.0 Å². The number of hydrogen-bond acceptors (Lipinski definition) is 4. The lowest BCUT2D eigenvalue weighted by Gasteiger charge is -2.63. The quantitative estimate of drug-likeness (QED) is 0.733. The number of likely N-dealkylation sites (tertiary alicyclic amines) is 2. The Hall–Kier alpha value is -2.59. The Labute approximate surface area is 194 Å². The summed E-state index contributed by atoms with van der Waals surface area (Å²) in [5.41, 5.74) is 2.92.